The molecule has 0 aliphatic carbocycles. The Labute approximate surface area is 126 Å². The third kappa shape index (κ3) is 3.40. The predicted molar refractivity (Wildman–Crippen MR) is 77.1 cm³/mol. The van der Waals surface area contributed by atoms with Crippen molar-refractivity contribution in [2.75, 3.05) is 17.3 Å². The number of nitrogens with zero attached hydrogens (tertiary/aromatic N) is 3. The molecule has 2 aromatic rings. The van der Waals surface area contributed by atoms with Crippen LogP contribution in [-0.4, -0.2) is 34.3 Å². The van der Waals surface area contributed by atoms with Crippen LogP contribution in [0.15, 0.2) is 16.7 Å². The fraction of sp³-hybridized carbons (Fsp3) is 0.333. The zero-order valence-corrected chi connectivity index (χ0v) is 12.4. The van der Waals surface area contributed by atoms with Gasteiger partial charge in [0.15, 0.2) is 0 Å². The summed E-state index contributed by atoms with van der Waals surface area (Å²) in [6.07, 6.45) is 1.52. The van der Waals surface area contributed by atoms with Gasteiger partial charge in [-0.1, -0.05) is 0 Å². The van der Waals surface area contributed by atoms with Crippen LogP contribution in [-0.2, 0) is 4.74 Å². The fourth-order valence-electron chi connectivity index (χ4n) is 1.61. The van der Waals surface area contributed by atoms with Gasteiger partial charge in [-0.25, -0.2) is 9.78 Å². The molecule has 2 N–H and O–H groups in total. The van der Waals surface area contributed by atoms with Crippen LogP contribution < -0.4 is 10.2 Å². The van der Waals surface area contributed by atoms with E-state index in [9.17, 15) is 4.79 Å². The van der Waals surface area contributed by atoms with Gasteiger partial charge in [0.05, 0.1) is 18.4 Å². The molecule has 112 valence electrons. The molecule has 0 fully saturated rings. The molecule has 0 aliphatic heterocycles. The molecule has 0 bridgehead atoms. The highest BCUT2D eigenvalue weighted by Gasteiger charge is 2.19. The predicted octanol–water partition coefficient (Wildman–Crippen LogP) is 2.30. The fourth-order valence-corrected chi connectivity index (χ4v) is 1.71. The van der Waals surface area contributed by atoms with E-state index in [1.54, 1.807) is 6.07 Å². The number of nitrogens with one attached hydrogen (secondary N) is 2. The number of rotatable bonds is 5. The van der Waals surface area contributed by atoms with Crippen molar-refractivity contribution in [3.63, 3.8) is 0 Å². The molecule has 0 atom stereocenters. The summed E-state index contributed by atoms with van der Waals surface area (Å²) in [4.78, 5) is 17.9. The van der Waals surface area contributed by atoms with Gasteiger partial charge in [0, 0.05) is 30.1 Å². The average Bonchev–Trinajstić information content (AvgIpc) is 2.95. The number of hydrogen-bond donors (Lipinski definition) is 2. The summed E-state index contributed by atoms with van der Waals surface area (Å²) in [7, 11) is 1.24. The van der Waals surface area contributed by atoms with Gasteiger partial charge in [0.2, 0.25) is 0 Å². The average molecular weight is 312 g/mol. The number of hydrogen-bond acceptors (Lipinski definition) is 8. The maximum atomic E-state index is 11.3. The maximum Gasteiger partial charge on any atom is 0.396 e. The van der Waals surface area contributed by atoms with Crippen molar-refractivity contribution in [2.45, 2.75) is 19.9 Å². The molecule has 2 heterocycles. The molecule has 9 heteroatoms. The van der Waals surface area contributed by atoms with Gasteiger partial charge in [0.1, 0.15) is 5.82 Å². The summed E-state index contributed by atoms with van der Waals surface area (Å²) in [5.74, 6) is -0.287. The molecule has 0 saturated carbocycles. The topological polar surface area (TPSA) is 102 Å². The zero-order valence-electron chi connectivity index (χ0n) is 11.7. The normalized spacial score (nSPS) is 10.5. The molecular weight excluding hydrogens is 298 g/mol. The van der Waals surface area contributed by atoms with E-state index in [0.717, 1.165) is 0 Å². The Kier molecular flexibility index (Phi) is 4.59. The van der Waals surface area contributed by atoms with E-state index in [1.165, 1.54) is 13.3 Å². The number of pyridine rings is 1. The summed E-state index contributed by atoms with van der Waals surface area (Å²) in [6, 6.07) is 1.86. The van der Waals surface area contributed by atoms with Crippen molar-refractivity contribution in [2.24, 2.45) is 0 Å². The summed E-state index contributed by atoms with van der Waals surface area (Å²) >= 11 is 5.55. The number of carbonyl (C=O) groups is 1. The first-order valence-electron chi connectivity index (χ1n) is 6.10. The van der Waals surface area contributed by atoms with E-state index >= 15 is 0 Å². The van der Waals surface area contributed by atoms with Gasteiger partial charge in [-0.05, 0) is 13.8 Å². The van der Waals surface area contributed by atoms with Crippen LogP contribution in [0.4, 0.5) is 11.5 Å². The second-order valence-electron chi connectivity index (χ2n) is 4.41. The lowest BCUT2D eigenvalue weighted by Gasteiger charge is -2.13. The lowest BCUT2D eigenvalue weighted by molar-refractivity contribution is 0.0556. The number of ether oxygens (including phenoxy) is 1. The molecule has 0 radical (unpaired) electrons. The summed E-state index contributed by atoms with van der Waals surface area (Å²) in [5.41, 5.74) is 1.25. The Morgan fingerprint density at radius 1 is 1.43 bits per heavy atom. The first-order chi connectivity index (χ1) is 10.0. The molecular formula is C12H14ClN5O3. The van der Waals surface area contributed by atoms with Gasteiger partial charge >= 0.3 is 11.9 Å². The molecule has 21 heavy (non-hydrogen) atoms. The van der Waals surface area contributed by atoms with Gasteiger partial charge in [0.25, 0.3) is 5.89 Å². The van der Waals surface area contributed by atoms with Crippen LogP contribution in [0.5, 0.6) is 0 Å². The largest absolute Gasteiger partial charge is 0.462 e. The third-order valence-electron chi connectivity index (χ3n) is 2.46. The Morgan fingerprint density at radius 2 is 2.19 bits per heavy atom. The van der Waals surface area contributed by atoms with E-state index < -0.39 is 5.97 Å². The minimum absolute atomic E-state index is 0.159. The Balaban J connectivity index is 2.42. The molecule has 2 aromatic heterocycles. The summed E-state index contributed by atoms with van der Waals surface area (Å²) < 4.78 is 9.81. The molecule has 0 aliphatic rings. The minimum Gasteiger partial charge on any atom is -0.462 e. The molecule has 0 spiro atoms. The van der Waals surface area contributed by atoms with Crippen LogP contribution in [0.3, 0.4) is 0 Å². The quantitative estimate of drug-likeness (QED) is 0.640. The summed E-state index contributed by atoms with van der Waals surface area (Å²) in [6.45, 7) is 3.96. The number of methoxy groups -OCH3 is 1. The third-order valence-corrected chi connectivity index (χ3v) is 2.65. The number of esters is 1. The van der Waals surface area contributed by atoms with Crippen molar-refractivity contribution in [1.82, 2.24) is 15.2 Å². The van der Waals surface area contributed by atoms with E-state index in [0.29, 0.717) is 17.1 Å². The van der Waals surface area contributed by atoms with Crippen molar-refractivity contribution >= 4 is 29.3 Å². The van der Waals surface area contributed by atoms with Crippen LogP contribution in [0.2, 0.25) is 0 Å². The van der Waals surface area contributed by atoms with Crippen LogP contribution in [0.1, 0.15) is 24.5 Å². The molecule has 0 unspecified atom stereocenters. The monoisotopic (exact) mass is 311 g/mol. The lowest BCUT2D eigenvalue weighted by atomic mass is 10.2. The SMILES string of the molecule is COC(=O)c1nnc(-c2cnc(NCl)cc2NC(C)C)o1. The molecule has 2 rings (SSSR count). The molecule has 0 saturated heterocycles. The van der Waals surface area contributed by atoms with Crippen molar-refractivity contribution in [3.05, 3.63) is 18.2 Å². The maximum absolute atomic E-state index is 11.3. The van der Waals surface area contributed by atoms with E-state index in [2.05, 4.69) is 30.1 Å². The smallest absolute Gasteiger partial charge is 0.396 e. The molecule has 0 amide bonds. The molecule has 8 nitrogen and oxygen atoms in total. The van der Waals surface area contributed by atoms with Gasteiger partial charge in [-0.3, -0.25) is 4.84 Å². The van der Waals surface area contributed by atoms with Gasteiger partial charge in [-0.15, -0.1) is 10.2 Å². The van der Waals surface area contributed by atoms with Crippen molar-refractivity contribution in [3.8, 4) is 11.5 Å². The first-order valence-corrected chi connectivity index (χ1v) is 6.48. The zero-order chi connectivity index (χ0) is 15.4. The number of anilines is 2. The highest BCUT2D eigenvalue weighted by atomic mass is 35.5. The van der Waals surface area contributed by atoms with E-state index in [4.69, 9.17) is 16.2 Å². The van der Waals surface area contributed by atoms with Crippen molar-refractivity contribution < 1.29 is 13.9 Å². The minimum atomic E-state index is -0.695. The van der Waals surface area contributed by atoms with Crippen molar-refractivity contribution in [1.29, 1.82) is 0 Å². The lowest BCUT2D eigenvalue weighted by Crippen LogP contribution is -2.11. The van der Waals surface area contributed by atoms with Gasteiger partial charge in [-0.2, -0.15) is 0 Å². The highest BCUT2D eigenvalue weighted by molar-refractivity contribution is 6.23. The Morgan fingerprint density at radius 3 is 2.81 bits per heavy atom. The Bertz CT molecular complexity index is 644. The molecule has 0 aromatic carbocycles. The summed E-state index contributed by atoms with van der Waals surface area (Å²) in [5, 5.41) is 10.7. The number of aromatic nitrogens is 3. The second-order valence-corrected chi connectivity index (χ2v) is 4.60. The van der Waals surface area contributed by atoms with Crippen LogP contribution >= 0.6 is 11.8 Å². The number of carbonyl (C=O) groups excluding carboxylic acids is 1. The first kappa shape index (κ1) is 15.0. The Hall–Kier alpha value is -2.35. The van der Waals surface area contributed by atoms with E-state index in [-0.39, 0.29) is 17.8 Å². The number of halogens is 1. The van der Waals surface area contributed by atoms with Crippen LogP contribution in [0.25, 0.3) is 11.5 Å². The van der Waals surface area contributed by atoms with Gasteiger partial charge < -0.3 is 14.5 Å². The van der Waals surface area contributed by atoms with E-state index in [1.807, 2.05) is 13.8 Å². The highest BCUT2D eigenvalue weighted by Crippen LogP contribution is 2.29. The van der Waals surface area contributed by atoms with Crippen LogP contribution in [0, 0.1) is 0 Å². The second kappa shape index (κ2) is 6.40. The standard InChI is InChI=1S/C12H14ClN5O3/c1-6(2)15-8-4-9(16-13)14-5-7(8)10-17-18-11(21-10)12(19)20-3/h4-6H,1-3H3,(H2,14,15,16).